The van der Waals surface area contributed by atoms with Crippen molar-refractivity contribution in [2.75, 3.05) is 25.0 Å². The van der Waals surface area contributed by atoms with Gasteiger partial charge in [0.2, 0.25) is 5.91 Å². The normalized spacial score (nSPS) is 14.8. The van der Waals surface area contributed by atoms with Gasteiger partial charge in [0.05, 0.1) is 17.9 Å². The Morgan fingerprint density at radius 2 is 1.84 bits per heavy atom. The van der Waals surface area contributed by atoms with E-state index in [2.05, 4.69) is 41.8 Å². The van der Waals surface area contributed by atoms with Gasteiger partial charge in [-0.1, -0.05) is 45.4 Å². The van der Waals surface area contributed by atoms with Crippen LogP contribution >= 0.6 is 15.9 Å². The molecule has 2 heterocycles. The first kappa shape index (κ1) is 22.2. The number of rotatable bonds is 6. The standard InChI is InChI=1S/C23H25BrN6O2/c1-16-22(27-28-30(16)20-9-5-6-17(24)14-20)23(32)26-19-10-12-29(13-11-19)15-21(31)25-18-7-3-2-4-8-18/h2-9,14,19H,10-13,15H2,1H3,(H,25,31)(H,26,32). The lowest BCUT2D eigenvalue weighted by Crippen LogP contribution is -2.46. The number of nitrogens with one attached hydrogen (secondary N) is 2. The van der Waals surface area contributed by atoms with Gasteiger partial charge in [-0.25, -0.2) is 4.68 Å². The van der Waals surface area contributed by atoms with Gasteiger partial charge in [-0.3, -0.25) is 14.5 Å². The minimum Gasteiger partial charge on any atom is -0.348 e. The Balaban J connectivity index is 1.28. The molecular formula is C23H25BrN6O2. The molecule has 1 fully saturated rings. The molecule has 9 heteroatoms. The average molecular weight is 497 g/mol. The highest BCUT2D eigenvalue weighted by Crippen LogP contribution is 2.18. The number of piperidine rings is 1. The topological polar surface area (TPSA) is 92.2 Å². The summed E-state index contributed by atoms with van der Waals surface area (Å²) in [7, 11) is 0. The van der Waals surface area contributed by atoms with Crippen LogP contribution in [0.25, 0.3) is 5.69 Å². The molecule has 0 aliphatic carbocycles. The van der Waals surface area contributed by atoms with E-state index in [1.54, 1.807) is 4.68 Å². The SMILES string of the molecule is Cc1c(C(=O)NC2CCN(CC(=O)Nc3ccccc3)CC2)nnn1-c1cccc(Br)c1. The van der Waals surface area contributed by atoms with Gasteiger partial charge >= 0.3 is 0 Å². The van der Waals surface area contributed by atoms with Crippen LogP contribution < -0.4 is 10.6 Å². The molecule has 2 aromatic carbocycles. The van der Waals surface area contributed by atoms with Gasteiger partial charge in [0.1, 0.15) is 0 Å². The number of aromatic nitrogens is 3. The van der Waals surface area contributed by atoms with Crippen LogP contribution in [0.15, 0.2) is 59.1 Å². The summed E-state index contributed by atoms with van der Waals surface area (Å²) in [6.45, 7) is 3.67. The molecule has 8 nitrogen and oxygen atoms in total. The highest BCUT2D eigenvalue weighted by Gasteiger charge is 2.25. The van der Waals surface area contributed by atoms with Crippen LogP contribution in [-0.2, 0) is 4.79 Å². The molecule has 166 valence electrons. The van der Waals surface area contributed by atoms with E-state index in [1.807, 2.05) is 61.5 Å². The molecule has 1 aliphatic rings. The molecule has 0 bridgehead atoms. The Bertz CT molecular complexity index is 1090. The fourth-order valence-corrected chi connectivity index (χ4v) is 4.19. The third-order valence-electron chi connectivity index (χ3n) is 5.51. The van der Waals surface area contributed by atoms with E-state index in [1.165, 1.54) is 0 Å². The average Bonchev–Trinajstić information content (AvgIpc) is 3.17. The molecule has 0 radical (unpaired) electrons. The summed E-state index contributed by atoms with van der Waals surface area (Å²) in [5.41, 5.74) is 2.65. The number of para-hydroxylation sites is 1. The lowest BCUT2D eigenvalue weighted by Gasteiger charge is -2.31. The first-order valence-electron chi connectivity index (χ1n) is 10.6. The summed E-state index contributed by atoms with van der Waals surface area (Å²) in [6.07, 6.45) is 1.56. The van der Waals surface area contributed by atoms with Crippen molar-refractivity contribution in [3.63, 3.8) is 0 Å². The van der Waals surface area contributed by atoms with Crippen LogP contribution in [0.1, 0.15) is 29.0 Å². The van der Waals surface area contributed by atoms with Crippen LogP contribution in [0.2, 0.25) is 0 Å². The maximum absolute atomic E-state index is 12.8. The fourth-order valence-electron chi connectivity index (χ4n) is 3.81. The maximum atomic E-state index is 12.8. The predicted octanol–water partition coefficient (Wildman–Crippen LogP) is 3.17. The Morgan fingerprint density at radius 3 is 2.56 bits per heavy atom. The van der Waals surface area contributed by atoms with Crippen molar-refractivity contribution in [2.45, 2.75) is 25.8 Å². The third-order valence-corrected chi connectivity index (χ3v) is 6.00. The van der Waals surface area contributed by atoms with Crippen molar-refractivity contribution in [3.8, 4) is 5.69 Å². The number of carbonyl (C=O) groups is 2. The van der Waals surface area contributed by atoms with Crippen LogP contribution in [0.5, 0.6) is 0 Å². The number of anilines is 1. The van der Waals surface area contributed by atoms with Gasteiger partial charge in [-0.15, -0.1) is 5.10 Å². The second kappa shape index (κ2) is 10.1. The molecular weight excluding hydrogens is 472 g/mol. The summed E-state index contributed by atoms with van der Waals surface area (Å²) in [4.78, 5) is 27.2. The number of hydrogen-bond acceptors (Lipinski definition) is 5. The highest BCUT2D eigenvalue weighted by atomic mass is 79.9. The van der Waals surface area contributed by atoms with Crippen LogP contribution in [0.3, 0.4) is 0 Å². The maximum Gasteiger partial charge on any atom is 0.273 e. The first-order chi connectivity index (χ1) is 15.5. The van der Waals surface area contributed by atoms with E-state index >= 15 is 0 Å². The molecule has 4 rings (SSSR count). The molecule has 1 aliphatic heterocycles. The minimum atomic E-state index is -0.219. The molecule has 1 aromatic heterocycles. The van der Waals surface area contributed by atoms with Gasteiger partial charge < -0.3 is 10.6 Å². The van der Waals surface area contributed by atoms with Crippen LogP contribution in [0.4, 0.5) is 5.69 Å². The molecule has 0 unspecified atom stereocenters. The number of benzene rings is 2. The van der Waals surface area contributed by atoms with Crippen LogP contribution in [-0.4, -0.2) is 57.4 Å². The van der Waals surface area contributed by atoms with E-state index in [0.29, 0.717) is 17.9 Å². The number of likely N-dealkylation sites (tertiary alicyclic amines) is 1. The number of nitrogens with zero attached hydrogens (tertiary/aromatic N) is 4. The Morgan fingerprint density at radius 1 is 1.09 bits per heavy atom. The largest absolute Gasteiger partial charge is 0.348 e. The van der Waals surface area contributed by atoms with Gasteiger partial charge in [0.25, 0.3) is 5.91 Å². The molecule has 3 aromatic rings. The zero-order valence-electron chi connectivity index (χ0n) is 17.8. The van der Waals surface area contributed by atoms with Crippen molar-refractivity contribution in [1.29, 1.82) is 0 Å². The van der Waals surface area contributed by atoms with E-state index in [-0.39, 0.29) is 17.9 Å². The minimum absolute atomic E-state index is 0.0292. The van der Waals surface area contributed by atoms with Crippen molar-refractivity contribution in [2.24, 2.45) is 0 Å². The Hall–Kier alpha value is -3.04. The van der Waals surface area contributed by atoms with Gasteiger partial charge in [0.15, 0.2) is 5.69 Å². The zero-order valence-corrected chi connectivity index (χ0v) is 19.4. The number of amides is 2. The monoisotopic (exact) mass is 496 g/mol. The number of hydrogen-bond donors (Lipinski definition) is 2. The molecule has 0 atom stereocenters. The van der Waals surface area contributed by atoms with Gasteiger partial charge in [0, 0.05) is 29.3 Å². The highest BCUT2D eigenvalue weighted by molar-refractivity contribution is 9.10. The lowest BCUT2D eigenvalue weighted by atomic mass is 10.0. The second-order valence-electron chi connectivity index (χ2n) is 7.85. The summed E-state index contributed by atoms with van der Waals surface area (Å²) in [6, 6.07) is 17.2. The molecule has 1 saturated heterocycles. The number of halogens is 1. The van der Waals surface area contributed by atoms with Crippen molar-refractivity contribution in [3.05, 3.63) is 70.5 Å². The van der Waals surface area contributed by atoms with E-state index < -0.39 is 0 Å². The summed E-state index contributed by atoms with van der Waals surface area (Å²) >= 11 is 3.45. The third kappa shape index (κ3) is 5.41. The van der Waals surface area contributed by atoms with Crippen molar-refractivity contribution < 1.29 is 9.59 Å². The first-order valence-corrected chi connectivity index (χ1v) is 11.4. The Labute approximate surface area is 195 Å². The molecule has 0 spiro atoms. The molecule has 32 heavy (non-hydrogen) atoms. The molecule has 0 saturated carbocycles. The van der Waals surface area contributed by atoms with E-state index in [4.69, 9.17) is 0 Å². The van der Waals surface area contributed by atoms with Crippen LogP contribution in [0, 0.1) is 6.92 Å². The summed E-state index contributed by atoms with van der Waals surface area (Å²) in [5, 5.41) is 14.2. The summed E-state index contributed by atoms with van der Waals surface area (Å²) < 4.78 is 2.59. The van der Waals surface area contributed by atoms with Crippen molar-refractivity contribution >= 4 is 33.4 Å². The Kier molecular flexibility index (Phi) is 6.96. The molecule has 2 N–H and O–H groups in total. The quantitative estimate of drug-likeness (QED) is 0.546. The van der Waals surface area contributed by atoms with E-state index in [0.717, 1.165) is 41.8 Å². The zero-order chi connectivity index (χ0) is 22.5. The van der Waals surface area contributed by atoms with Gasteiger partial charge in [-0.2, -0.15) is 0 Å². The smallest absolute Gasteiger partial charge is 0.273 e. The van der Waals surface area contributed by atoms with Crippen molar-refractivity contribution in [1.82, 2.24) is 25.2 Å². The lowest BCUT2D eigenvalue weighted by molar-refractivity contribution is -0.117. The second-order valence-corrected chi connectivity index (χ2v) is 8.77. The van der Waals surface area contributed by atoms with E-state index in [9.17, 15) is 9.59 Å². The number of carbonyl (C=O) groups excluding carboxylic acids is 2. The van der Waals surface area contributed by atoms with Gasteiger partial charge in [-0.05, 0) is 50.1 Å². The molecule has 2 amide bonds. The fraction of sp³-hybridized carbons (Fsp3) is 0.304. The summed E-state index contributed by atoms with van der Waals surface area (Å²) in [5.74, 6) is -0.248. The predicted molar refractivity (Wildman–Crippen MR) is 126 cm³/mol.